The van der Waals surface area contributed by atoms with Crippen molar-refractivity contribution in [1.82, 2.24) is 15.3 Å². The van der Waals surface area contributed by atoms with Gasteiger partial charge < -0.3 is 14.8 Å². The number of pyridine rings is 1. The highest BCUT2D eigenvalue weighted by Crippen LogP contribution is 2.23. The van der Waals surface area contributed by atoms with Gasteiger partial charge in [-0.2, -0.15) is 0 Å². The summed E-state index contributed by atoms with van der Waals surface area (Å²) >= 11 is 1.57. The number of hydrogen-bond donors (Lipinski definition) is 1. The molecule has 0 unspecified atom stereocenters. The first-order valence-corrected chi connectivity index (χ1v) is 8.93. The second-order valence-electron chi connectivity index (χ2n) is 5.48. The summed E-state index contributed by atoms with van der Waals surface area (Å²) < 4.78 is 10.4. The number of carbonyl (C=O) groups is 1. The maximum Gasteiger partial charge on any atom is 0.251 e. The number of methoxy groups -OCH3 is 2. The summed E-state index contributed by atoms with van der Waals surface area (Å²) in [5, 5.41) is 5.87. The Hall–Kier alpha value is -2.93. The van der Waals surface area contributed by atoms with Crippen LogP contribution >= 0.6 is 11.3 Å². The molecule has 134 valence electrons. The van der Waals surface area contributed by atoms with Gasteiger partial charge in [-0.15, -0.1) is 11.3 Å². The van der Waals surface area contributed by atoms with Crippen LogP contribution in [0.4, 0.5) is 0 Å². The van der Waals surface area contributed by atoms with Crippen molar-refractivity contribution in [1.29, 1.82) is 0 Å². The van der Waals surface area contributed by atoms with Gasteiger partial charge in [-0.1, -0.05) is 0 Å². The van der Waals surface area contributed by atoms with Gasteiger partial charge in [0.1, 0.15) is 11.5 Å². The highest BCUT2D eigenvalue weighted by Gasteiger charge is 2.10. The number of rotatable bonds is 7. The van der Waals surface area contributed by atoms with Gasteiger partial charge in [-0.3, -0.25) is 9.78 Å². The molecular weight excluding hydrogens is 350 g/mol. The van der Waals surface area contributed by atoms with Crippen molar-refractivity contribution in [2.75, 3.05) is 20.8 Å². The normalized spacial score (nSPS) is 10.4. The lowest BCUT2D eigenvalue weighted by atomic mass is 10.2. The number of amides is 1. The van der Waals surface area contributed by atoms with Gasteiger partial charge in [0, 0.05) is 47.9 Å². The second kappa shape index (κ2) is 8.44. The number of ether oxygens (including phenoxy) is 2. The molecule has 3 aromatic rings. The molecule has 3 rings (SSSR count). The van der Waals surface area contributed by atoms with E-state index in [-0.39, 0.29) is 5.91 Å². The van der Waals surface area contributed by atoms with Crippen LogP contribution in [-0.2, 0) is 6.42 Å². The predicted molar refractivity (Wildman–Crippen MR) is 101 cm³/mol. The molecule has 6 nitrogen and oxygen atoms in total. The molecule has 0 aliphatic heterocycles. The molecule has 0 fully saturated rings. The van der Waals surface area contributed by atoms with Crippen LogP contribution in [0.3, 0.4) is 0 Å². The van der Waals surface area contributed by atoms with Gasteiger partial charge >= 0.3 is 0 Å². The van der Waals surface area contributed by atoms with Crippen LogP contribution in [0.15, 0.2) is 48.1 Å². The fourth-order valence-electron chi connectivity index (χ4n) is 2.40. The molecule has 7 heteroatoms. The van der Waals surface area contributed by atoms with Crippen LogP contribution in [0.25, 0.3) is 11.3 Å². The zero-order valence-electron chi connectivity index (χ0n) is 14.6. The first-order valence-electron chi connectivity index (χ1n) is 8.05. The first kappa shape index (κ1) is 17.9. The Morgan fingerprint density at radius 3 is 2.62 bits per heavy atom. The molecule has 1 N–H and O–H groups in total. The number of aromatic nitrogens is 2. The molecule has 2 heterocycles. The minimum atomic E-state index is -0.175. The largest absolute Gasteiger partial charge is 0.497 e. The van der Waals surface area contributed by atoms with Gasteiger partial charge in [0.2, 0.25) is 0 Å². The molecule has 1 amide bonds. The van der Waals surface area contributed by atoms with Crippen molar-refractivity contribution in [2.45, 2.75) is 6.42 Å². The fourth-order valence-corrected chi connectivity index (χ4v) is 3.20. The summed E-state index contributed by atoms with van der Waals surface area (Å²) in [6.45, 7) is 0.498. The second-order valence-corrected chi connectivity index (χ2v) is 6.42. The molecule has 0 aliphatic carbocycles. The van der Waals surface area contributed by atoms with E-state index in [1.807, 2.05) is 17.5 Å². The Bertz CT molecular complexity index is 858. The number of nitrogens with zero attached hydrogens (tertiary/aromatic N) is 2. The summed E-state index contributed by atoms with van der Waals surface area (Å²) in [7, 11) is 3.11. The Morgan fingerprint density at radius 2 is 1.96 bits per heavy atom. The summed E-state index contributed by atoms with van der Waals surface area (Å²) in [6, 6.07) is 8.95. The van der Waals surface area contributed by atoms with Crippen molar-refractivity contribution in [3.05, 3.63) is 58.7 Å². The van der Waals surface area contributed by atoms with E-state index in [1.54, 1.807) is 56.1 Å². The number of hydrogen-bond acceptors (Lipinski definition) is 6. The zero-order valence-corrected chi connectivity index (χ0v) is 15.4. The lowest BCUT2D eigenvalue weighted by Crippen LogP contribution is -2.25. The Kier molecular flexibility index (Phi) is 5.80. The minimum absolute atomic E-state index is 0.175. The quantitative estimate of drug-likeness (QED) is 0.692. The standard InChI is InChI=1S/C19H19N3O3S/c1-24-15-8-14(9-16(10-15)25-2)19(23)21-7-5-18-22-17(12-26-18)13-4-3-6-20-11-13/h3-4,6,8-12H,5,7H2,1-2H3,(H,21,23). The smallest absolute Gasteiger partial charge is 0.251 e. The van der Waals surface area contributed by atoms with Crippen LogP contribution in [-0.4, -0.2) is 36.6 Å². The molecule has 0 atom stereocenters. The number of thiazole rings is 1. The van der Waals surface area contributed by atoms with Crippen LogP contribution in [0.5, 0.6) is 11.5 Å². The van der Waals surface area contributed by atoms with Crippen LogP contribution < -0.4 is 14.8 Å². The molecule has 0 spiro atoms. The average Bonchev–Trinajstić information content (AvgIpc) is 3.17. The van der Waals surface area contributed by atoms with Crippen molar-refractivity contribution in [3.63, 3.8) is 0 Å². The van der Waals surface area contributed by atoms with E-state index >= 15 is 0 Å². The molecule has 0 radical (unpaired) electrons. The Morgan fingerprint density at radius 1 is 1.19 bits per heavy atom. The summed E-state index contributed by atoms with van der Waals surface area (Å²) in [5.41, 5.74) is 2.39. The monoisotopic (exact) mass is 369 g/mol. The number of benzene rings is 1. The molecule has 0 saturated heterocycles. The van der Waals surface area contributed by atoms with Crippen molar-refractivity contribution < 1.29 is 14.3 Å². The third kappa shape index (κ3) is 4.37. The van der Waals surface area contributed by atoms with Crippen molar-refractivity contribution in [3.8, 4) is 22.8 Å². The lowest BCUT2D eigenvalue weighted by Gasteiger charge is -2.08. The van der Waals surface area contributed by atoms with Crippen LogP contribution in [0.1, 0.15) is 15.4 Å². The lowest BCUT2D eigenvalue weighted by molar-refractivity contribution is 0.0953. The highest BCUT2D eigenvalue weighted by atomic mass is 32.1. The molecule has 1 aromatic carbocycles. The topological polar surface area (TPSA) is 73.3 Å². The summed E-state index contributed by atoms with van der Waals surface area (Å²) in [5.74, 6) is 0.984. The Labute approximate surface area is 155 Å². The van der Waals surface area contributed by atoms with Gasteiger partial charge in [0.15, 0.2) is 0 Å². The van der Waals surface area contributed by atoms with E-state index in [4.69, 9.17) is 9.47 Å². The average molecular weight is 369 g/mol. The van der Waals surface area contributed by atoms with Crippen LogP contribution in [0, 0.1) is 0 Å². The molecule has 0 aliphatic rings. The van der Waals surface area contributed by atoms with E-state index in [0.29, 0.717) is 30.0 Å². The summed E-state index contributed by atoms with van der Waals surface area (Å²) in [4.78, 5) is 21.0. The Balaban J connectivity index is 1.58. The molecule has 26 heavy (non-hydrogen) atoms. The third-order valence-electron chi connectivity index (χ3n) is 3.75. The third-order valence-corrected chi connectivity index (χ3v) is 4.66. The maximum atomic E-state index is 12.4. The molecular formula is C19H19N3O3S. The number of nitrogens with one attached hydrogen (secondary N) is 1. The van der Waals surface area contributed by atoms with Crippen LogP contribution in [0.2, 0.25) is 0 Å². The van der Waals surface area contributed by atoms with E-state index in [1.165, 1.54) is 0 Å². The minimum Gasteiger partial charge on any atom is -0.497 e. The van der Waals surface area contributed by atoms with E-state index in [9.17, 15) is 4.79 Å². The van der Waals surface area contributed by atoms with E-state index in [0.717, 1.165) is 16.3 Å². The predicted octanol–water partition coefficient (Wildman–Crippen LogP) is 3.19. The maximum absolute atomic E-state index is 12.4. The summed E-state index contributed by atoms with van der Waals surface area (Å²) in [6.07, 6.45) is 4.19. The molecule has 0 bridgehead atoms. The van der Waals surface area contributed by atoms with E-state index < -0.39 is 0 Å². The van der Waals surface area contributed by atoms with Gasteiger partial charge in [0.25, 0.3) is 5.91 Å². The SMILES string of the molecule is COc1cc(OC)cc(C(=O)NCCc2nc(-c3cccnc3)cs2)c1. The van der Waals surface area contributed by atoms with Crippen molar-refractivity contribution >= 4 is 17.2 Å². The van der Waals surface area contributed by atoms with Crippen molar-refractivity contribution in [2.24, 2.45) is 0 Å². The fraction of sp³-hybridized carbons (Fsp3) is 0.211. The van der Waals surface area contributed by atoms with Gasteiger partial charge in [-0.05, 0) is 24.3 Å². The van der Waals surface area contributed by atoms with Gasteiger partial charge in [0.05, 0.1) is 24.9 Å². The highest BCUT2D eigenvalue weighted by molar-refractivity contribution is 7.09. The molecule has 0 saturated carbocycles. The number of carbonyl (C=O) groups excluding carboxylic acids is 1. The van der Waals surface area contributed by atoms with E-state index in [2.05, 4.69) is 15.3 Å². The van der Waals surface area contributed by atoms with Gasteiger partial charge in [-0.25, -0.2) is 4.98 Å². The zero-order chi connectivity index (χ0) is 18.4. The first-order chi connectivity index (χ1) is 12.7. The molecule has 2 aromatic heterocycles.